The molecule has 1 N–H and O–H groups in total. The molecule has 0 saturated carbocycles. The number of hydrogen-bond acceptors (Lipinski definition) is 5. The number of carbonyl (C=O) groups excluding carboxylic acids is 1. The third kappa shape index (κ3) is 4.84. The SMILES string of the molecule is C[C@@H]1C=C(C(=O)N2CCN(C)CC2)O[C@H](OCc2ccc(CO)cc2)C1. The molecule has 6 nitrogen and oxygen atoms in total. The summed E-state index contributed by atoms with van der Waals surface area (Å²) < 4.78 is 11.8. The van der Waals surface area contributed by atoms with Crippen LogP contribution in [0.3, 0.4) is 0 Å². The van der Waals surface area contributed by atoms with Gasteiger partial charge in [0.15, 0.2) is 5.76 Å². The van der Waals surface area contributed by atoms with Crippen LogP contribution in [-0.2, 0) is 27.5 Å². The molecule has 0 spiro atoms. The number of benzene rings is 1. The standard InChI is InChI=1S/C20H28N2O4/c1-15-11-18(20(24)22-9-7-21(2)8-10-22)26-19(12-15)25-14-17-5-3-16(13-23)4-6-17/h3-6,11,15,19,23H,7-10,12-14H2,1-2H3/t15-,19+/m1/s1. The van der Waals surface area contributed by atoms with Gasteiger partial charge in [-0.05, 0) is 30.2 Å². The van der Waals surface area contributed by atoms with Crippen molar-refractivity contribution in [2.75, 3.05) is 33.2 Å². The van der Waals surface area contributed by atoms with Gasteiger partial charge in [0.1, 0.15) is 0 Å². The zero-order valence-corrected chi connectivity index (χ0v) is 15.6. The number of aliphatic hydroxyl groups is 1. The largest absolute Gasteiger partial charge is 0.459 e. The highest BCUT2D eigenvalue weighted by molar-refractivity contribution is 5.91. The van der Waals surface area contributed by atoms with Crippen LogP contribution in [-0.4, -0.2) is 60.3 Å². The topological polar surface area (TPSA) is 62.2 Å². The van der Waals surface area contributed by atoms with Crippen LogP contribution in [0.25, 0.3) is 0 Å². The summed E-state index contributed by atoms with van der Waals surface area (Å²) in [6, 6.07) is 7.63. The lowest BCUT2D eigenvalue weighted by molar-refractivity contribution is -0.158. The second-order valence-electron chi connectivity index (χ2n) is 7.17. The number of carbonyl (C=O) groups is 1. The maximum atomic E-state index is 12.7. The number of piperazine rings is 1. The number of aliphatic hydroxyl groups excluding tert-OH is 1. The van der Waals surface area contributed by atoms with Crippen molar-refractivity contribution in [1.82, 2.24) is 9.80 Å². The average molecular weight is 360 g/mol. The highest BCUT2D eigenvalue weighted by Gasteiger charge is 2.29. The number of hydrogen-bond donors (Lipinski definition) is 1. The Morgan fingerprint density at radius 3 is 2.50 bits per heavy atom. The predicted octanol–water partition coefficient (Wildman–Crippen LogP) is 1.74. The van der Waals surface area contributed by atoms with Gasteiger partial charge in [0.2, 0.25) is 6.29 Å². The monoisotopic (exact) mass is 360 g/mol. The van der Waals surface area contributed by atoms with E-state index in [1.165, 1.54) is 0 Å². The first-order chi connectivity index (χ1) is 12.5. The van der Waals surface area contributed by atoms with E-state index in [2.05, 4.69) is 18.9 Å². The second kappa shape index (κ2) is 8.66. The Labute approximate surface area is 155 Å². The molecule has 1 fully saturated rings. The van der Waals surface area contributed by atoms with Crippen LogP contribution in [0.4, 0.5) is 0 Å². The molecule has 142 valence electrons. The Kier molecular flexibility index (Phi) is 6.29. The van der Waals surface area contributed by atoms with E-state index < -0.39 is 6.29 Å². The van der Waals surface area contributed by atoms with Gasteiger partial charge >= 0.3 is 0 Å². The molecule has 26 heavy (non-hydrogen) atoms. The summed E-state index contributed by atoms with van der Waals surface area (Å²) in [4.78, 5) is 16.8. The predicted molar refractivity (Wildman–Crippen MR) is 98.0 cm³/mol. The lowest BCUT2D eigenvalue weighted by Gasteiger charge is -2.34. The summed E-state index contributed by atoms with van der Waals surface area (Å²) in [6.45, 7) is 5.76. The van der Waals surface area contributed by atoms with Crippen molar-refractivity contribution in [3.63, 3.8) is 0 Å². The van der Waals surface area contributed by atoms with E-state index in [4.69, 9.17) is 14.6 Å². The minimum absolute atomic E-state index is 0.0347. The van der Waals surface area contributed by atoms with E-state index in [0.717, 1.165) is 43.7 Å². The van der Waals surface area contributed by atoms with Crippen LogP contribution in [0.1, 0.15) is 24.5 Å². The van der Waals surface area contributed by atoms with E-state index in [-0.39, 0.29) is 18.4 Å². The van der Waals surface area contributed by atoms with Gasteiger partial charge in [0.05, 0.1) is 13.2 Å². The number of allylic oxidation sites excluding steroid dienone is 1. The Balaban J connectivity index is 1.55. The van der Waals surface area contributed by atoms with Crippen molar-refractivity contribution in [3.05, 3.63) is 47.2 Å². The number of ether oxygens (including phenoxy) is 2. The van der Waals surface area contributed by atoms with Gasteiger partial charge < -0.3 is 24.4 Å². The smallest absolute Gasteiger partial charge is 0.288 e. The molecule has 0 aromatic heterocycles. The molecule has 0 radical (unpaired) electrons. The van der Waals surface area contributed by atoms with Gasteiger partial charge in [0.25, 0.3) is 5.91 Å². The minimum atomic E-state index is -0.418. The van der Waals surface area contributed by atoms with Gasteiger partial charge in [-0.1, -0.05) is 31.2 Å². The number of likely N-dealkylation sites (N-methyl/N-ethyl adjacent to an activating group) is 1. The van der Waals surface area contributed by atoms with Crippen molar-refractivity contribution in [1.29, 1.82) is 0 Å². The van der Waals surface area contributed by atoms with Gasteiger partial charge in [0, 0.05) is 32.6 Å². The van der Waals surface area contributed by atoms with Crippen molar-refractivity contribution < 1.29 is 19.4 Å². The molecule has 2 aliphatic rings. The third-order valence-corrected chi connectivity index (χ3v) is 4.90. The van der Waals surface area contributed by atoms with E-state index in [9.17, 15) is 4.79 Å². The fourth-order valence-electron chi connectivity index (χ4n) is 3.18. The highest BCUT2D eigenvalue weighted by Crippen LogP contribution is 2.25. The maximum absolute atomic E-state index is 12.7. The summed E-state index contributed by atoms with van der Waals surface area (Å²) in [5.41, 5.74) is 1.89. The molecule has 1 amide bonds. The molecule has 3 rings (SSSR count). The Bertz CT molecular complexity index is 636. The molecule has 1 saturated heterocycles. The molecule has 1 aromatic carbocycles. The zero-order valence-electron chi connectivity index (χ0n) is 15.6. The molecule has 2 heterocycles. The van der Waals surface area contributed by atoms with E-state index >= 15 is 0 Å². The fourth-order valence-corrected chi connectivity index (χ4v) is 3.18. The molecule has 6 heteroatoms. The zero-order chi connectivity index (χ0) is 18.5. The van der Waals surface area contributed by atoms with Gasteiger partial charge in [-0.15, -0.1) is 0 Å². The third-order valence-electron chi connectivity index (χ3n) is 4.90. The molecule has 0 aliphatic carbocycles. The first-order valence-electron chi connectivity index (χ1n) is 9.21. The lowest BCUT2D eigenvalue weighted by Crippen LogP contribution is -2.48. The Morgan fingerprint density at radius 1 is 1.19 bits per heavy atom. The van der Waals surface area contributed by atoms with Crippen molar-refractivity contribution in [2.45, 2.75) is 32.8 Å². The second-order valence-corrected chi connectivity index (χ2v) is 7.17. The van der Waals surface area contributed by atoms with E-state index in [1.807, 2.05) is 35.2 Å². The average Bonchev–Trinajstić information content (AvgIpc) is 2.66. The molecule has 1 aromatic rings. The normalized spacial score (nSPS) is 24.1. The van der Waals surface area contributed by atoms with Gasteiger partial charge in [-0.2, -0.15) is 0 Å². The van der Waals surface area contributed by atoms with E-state index in [0.29, 0.717) is 12.4 Å². The number of nitrogens with zero attached hydrogens (tertiary/aromatic N) is 2. The van der Waals surface area contributed by atoms with Crippen LogP contribution < -0.4 is 0 Å². The fraction of sp³-hybridized carbons (Fsp3) is 0.550. The lowest BCUT2D eigenvalue weighted by atomic mass is 10.0. The quantitative estimate of drug-likeness (QED) is 0.867. The molecule has 0 unspecified atom stereocenters. The van der Waals surface area contributed by atoms with Crippen LogP contribution in [0, 0.1) is 5.92 Å². The minimum Gasteiger partial charge on any atom is -0.459 e. The van der Waals surface area contributed by atoms with Gasteiger partial charge in [-0.25, -0.2) is 0 Å². The maximum Gasteiger partial charge on any atom is 0.288 e. The molecular weight excluding hydrogens is 332 g/mol. The van der Waals surface area contributed by atoms with Crippen molar-refractivity contribution in [2.24, 2.45) is 5.92 Å². The van der Waals surface area contributed by atoms with Gasteiger partial charge in [-0.3, -0.25) is 4.79 Å². The first kappa shape index (κ1) is 18.9. The summed E-state index contributed by atoms with van der Waals surface area (Å²) >= 11 is 0. The van der Waals surface area contributed by atoms with Crippen molar-refractivity contribution >= 4 is 5.91 Å². The van der Waals surface area contributed by atoms with Crippen LogP contribution >= 0.6 is 0 Å². The summed E-state index contributed by atoms with van der Waals surface area (Å²) in [6.07, 6.45) is 2.23. The van der Waals surface area contributed by atoms with E-state index in [1.54, 1.807) is 0 Å². The summed E-state index contributed by atoms with van der Waals surface area (Å²) in [5, 5.41) is 9.10. The molecule has 2 aliphatic heterocycles. The molecule has 0 bridgehead atoms. The summed E-state index contributed by atoms with van der Waals surface area (Å²) in [5.74, 6) is 0.608. The Hall–Kier alpha value is -1.89. The first-order valence-corrected chi connectivity index (χ1v) is 9.21. The van der Waals surface area contributed by atoms with Crippen LogP contribution in [0.2, 0.25) is 0 Å². The van der Waals surface area contributed by atoms with Crippen LogP contribution in [0.5, 0.6) is 0 Å². The van der Waals surface area contributed by atoms with Crippen LogP contribution in [0.15, 0.2) is 36.1 Å². The number of rotatable bonds is 5. The molecular formula is C20H28N2O4. The summed E-state index contributed by atoms with van der Waals surface area (Å²) in [7, 11) is 2.07. The highest BCUT2D eigenvalue weighted by atomic mass is 16.7. The van der Waals surface area contributed by atoms with Crippen molar-refractivity contribution in [3.8, 4) is 0 Å². The molecule has 2 atom stereocenters. The number of amides is 1. The Morgan fingerprint density at radius 2 is 1.85 bits per heavy atom.